The van der Waals surface area contributed by atoms with E-state index in [-0.39, 0.29) is 0 Å². The molecule has 3 rings (SSSR count). The van der Waals surface area contributed by atoms with Crippen LogP contribution in [0.15, 0.2) is 31.0 Å². The van der Waals surface area contributed by atoms with Crippen molar-refractivity contribution in [2.75, 3.05) is 0 Å². The van der Waals surface area contributed by atoms with Crippen LogP contribution in [0.2, 0.25) is 0 Å². The molecule has 0 amide bonds. The monoisotopic (exact) mass is 578 g/mol. The van der Waals surface area contributed by atoms with E-state index in [1.54, 1.807) is 9.15 Å². The fraction of sp³-hybridized carbons (Fsp3) is 0.600. The maximum Gasteiger partial charge on any atom is 0.0292 e. The molecule has 1 fully saturated rings. The Labute approximate surface area is 151 Å². The van der Waals surface area contributed by atoms with E-state index in [4.69, 9.17) is 0 Å². The summed E-state index contributed by atoms with van der Waals surface area (Å²) in [6, 6.07) is 0. The maximum atomic E-state index is 2.60. The zero-order valence-electron chi connectivity index (χ0n) is 10.6. The standard InChI is InChI=1S/C15H17I3/c1-15(2)11-5-8(16)3-4-10(11)14-12(15)6-9(17)7-13(14)18/h5-8,10,12,14H,3-4H2,1-2H3. The summed E-state index contributed by atoms with van der Waals surface area (Å²) in [6.45, 7) is 4.92. The van der Waals surface area contributed by atoms with Crippen LogP contribution in [-0.4, -0.2) is 3.92 Å². The zero-order valence-corrected chi connectivity index (χ0v) is 17.1. The van der Waals surface area contributed by atoms with Crippen molar-refractivity contribution in [3.63, 3.8) is 0 Å². The summed E-state index contributed by atoms with van der Waals surface area (Å²) >= 11 is 7.67. The van der Waals surface area contributed by atoms with Crippen molar-refractivity contribution in [1.82, 2.24) is 0 Å². The number of allylic oxidation sites excluding steroid dienone is 6. The van der Waals surface area contributed by atoms with Gasteiger partial charge in [-0.05, 0) is 84.9 Å². The fourth-order valence-corrected chi connectivity index (χ4v) is 7.20. The Balaban J connectivity index is 2.11. The maximum absolute atomic E-state index is 2.60. The number of fused-ring (bicyclic) bond motifs is 3. The molecule has 18 heavy (non-hydrogen) atoms. The highest BCUT2D eigenvalue weighted by Crippen LogP contribution is 2.62. The molecule has 4 unspecified atom stereocenters. The summed E-state index contributed by atoms with van der Waals surface area (Å²) in [5, 5.41) is 0. The number of hydrogen-bond acceptors (Lipinski definition) is 0. The third-order valence-electron chi connectivity index (χ3n) is 4.84. The van der Waals surface area contributed by atoms with Crippen LogP contribution in [-0.2, 0) is 0 Å². The number of hydrogen-bond donors (Lipinski definition) is 0. The third-order valence-corrected chi connectivity index (χ3v) is 7.53. The Kier molecular flexibility index (Phi) is 3.99. The number of rotatable bonds is 0. The van der Waals surface area contributed by atoms with Gasteiger partial charge in [0.15, 0.2) is 0 Å². The highest BCUT2D eigenvalue weighted by Gasteiger charge is 2.53. The molecule has 0 nitrogen and oxygen atoms in total. The molecule has 98 valence electrons. The van der Waals surface area contributed by atoms with Gasteiger partial charge in [-0.15, -0.1) is 0 Å². The van der Waals surface area contributed by atoms with E-state index >= 15 is 0 Å². The molecule has 0 bridgehead atoms. The van der Waals surface area contributed by atoms with Crippen LogP contribution in [0.1, 0.15) is 26.7 Å². The lowest BCUT2D eigenvalue weighted by atomic mass is 9.75. The highest BCUT2D eigenvalue weighted by atomic mass is 127. The lowest BCUT2D eigenvalue weighted by Crippen LogP contribution is -2.23. The Morgan fingerprint density at radius 2 is 1.89 bits per heavy atom. The number of halogens is 3. The van der Waals surface area contributed by atoms with E-state index in [0.717, 1.165) is 15.8 Å². The first kappa shape index (κ1) is 14.4. The van der Waals surface area contributed by atoms with Gasteiger partial charge in [0.25, 0.3) is 0 Å². The van der Waals surface area contributed by atoms with Gasteiger partial charge in [-0.3, -0.25) is 0 Å². The summed E-state index contributed by atoms with van der Waals surface area (Å²) < 4.78 is 3.76. The molecule has 0 spiro atoms. The topological polar surface area (TPSA) is 0 Å². The van der Waals surface area contributed by atoms with Gasteiger partial charge in [-0.1, -0.05) is 54.2 Å². The summed E-state index contributed by atoms with van der Waals surface area (Å²) in [6.07, 6.45) is 10.2. The van der Waals surface area contributed by atoms with Crippen LogP contribution in [0.3, 0.4) is 0 Å². The second kappa shape index (κ2) is 5.00. The van der Waals surface area contributed by atoms with Crippen molar-refractivity contribution in [3.05, 3.63) is 31.0 Å². The SMILES string of the molecule is CC1(C)C2=CC(I)CCC2C2C(I)=CC(I)=CC21. The predicted octanol–water partition coefficient (Wildman–Crippen LogP) is 6.05. The van der Waals surface area contributed by atoms with Crippen LogP contribution in [0.25, 0.3) is 0 Å². The summed E-state index contributed by atoms with van der Waals surface area (Å²) in [5.74, 6) is 2.27. The molecule has 0 N–H and O–H groups in total. The van der Waals surface area contributed by atoms with Gasteiger partial charge in [-0.2, -0.15) is 0 Å². The molecule has 0 heterocycles. The molecule has 3 aliphatic carbocycles. The molecule has 0 radical (unpaired) electrons. The first-order chi connectivity index (χ1) is 8.41. The van der Waals surface area contributed by atoms with Gasteiger partial charge in [0.2, 0.25) is 0 Å². The van der Waals surface area contributed by atoms with E-state index in [2.05, 4.69) is 99.8 Å². The van der Waals surface area contributed by atoms with Crippen molar-refractivity contribution in [2.24, 2.45) is 23.2 Å². The minimum Gasteiger partial charge on any atom is -0.0781 e. The molecule has 3 heteroatoms. The van der Waals surface area contributed by atoms with Crippen molar-refractivity contribution < 1.29 is 0 Å². The van der Waals surface area contributed by atoms with Crippen LogP contribution in [0.4, 0.5) is 0 Å². The van der Waals surface area contributed by atoms with Gasteiger partial charge in [0, 0.05) is 13.4 Å². The second-order valence-corrected chi connectivity index (χ2v) is 10.3. The van der Waals surface area contributed by atoms with Gasteiger partial charge >= 0.3 is 0 Å². The summed E-state index contributed by atoms with van der Waals surface area (Å²) in [4.78, 5) is 0. The van der Waals surface area contributed by atoms with Crippen LogP contribution in [0, 0.1) is 23.2 Å². The minimum absolute atomic E-state index is 0.347. The minimum atomic E-state index is 0.347. The molecule has 0 aromatic heterocycles. The van der Waals surface area contributed by atoms with E-state index < -0.39 is 0 Å². The molecule has 0 saturated heterocycles. The predicted molar refractivity (Wildman–Crippen MR) is 104 cm³/mol. The molecule has 4 atom stereocenters. The lowest BCUT2D eigenvalue weighted by molar-refractivity contribution is 0.318. The lowest BCUT2D eigenvalue weighted by Gasteiger charge is -2.31. The van der Waals surface area contributed by atoms with Crippen LogP contribution < -0.4 is 0 Å². The molecule has 0 aromatic carbocycles. The van der Waals surface area contributed by atoms with E-state index in [0.29, 0.717) is 11.3 Å². The molecular weight excluding hydrogens is 561 g/mol. The molecule has 0 aromatic rings. The van der Waals surface area contributed by atoms with Gasteiger partial charge in [-0.25, -0.2) is 0 Å². The summed E-state index contributed by atoms with van der Waals surface area (Å²) in [5.41, 5.74) is 2.09. The zero-order chi connectivity index (χ0) is 13.1. The van der Waals surface area contributed by atoms with Gasteiger partial charge in [0.05, 0.1) is 0 Å². The largest absolute Gasteiger partial charge is 0.0781 e. The van der Waals surface area contributed by atoms with Crippen LogP contribution in [0.5, 0.6) is 0 Å². The Morgan fingerprint density at radius 1 is 1.17 bits per heavy atom. The second-order valence-electron chi connectivity index (χ2n) is 6.18. The Morgan fingerprint density at radius 3 is 2.61 bits per heavy atom. The van der Waals surface area contributed by atoms with Crippen LogP contribution >= 0.6 is 67.8 Å². The van der Waals surface area contributed by atoms with E-state index in [9.17, 15) is 0 Å². The average molecular weight is 578 g/mol. The normalized spacial score (nSPS) is 41.5. The quantitative estimate of drug-likeness (QED) is 0.187. The van der Waals surface area contributed by atoms with Gasteiger partial charge < -0.3 is 0 Å². The average Bonchev–Trinajstić information content (AvgIpc) is 2.49. The van der Waals surface area contributed by atoms with Gasteiger partial charge in [0.1, 0.15) is 0 Å². The fourth-order valence-electron chi connectivity index (χ4n) is 3.98. The third kappa shape index (κ3) is 2.18. The molecular formula is C15H17I3. The van der Waals surface area contributed by atoms with E-state index in [1.807, 2.05) is 0 Å². The van der Waals surface area contributed by atoms with Crippen molar-refractivity contribution in [2.45, 2.75) is 30.6 Å². The first-order valence-corrected chi connectivity index (χ1v) is 9.92. The Bertz CT molecular complexity index is 470. The van der Waals surface area contributed by atoms with Crippen molar-refractivity contribution in [3.8, 4) is 0 Å². The van der Waals surface area contributed by atoms with Crippen molar-refractivity contribution >= 4 is 67.8 Å². The van der Waals surface area contributed by atoms with E-state index in [1.165, 1.54) is 16.4 Å². The number of alkyl halides is 1. The van der Waals surface area contributed by atoms with Crippen molar-refractivity contribution in [1.29, 1.82) is 0 Å². The summed E-state index contributed by atoms with van der Waals surface area (Å²) in [7, 11) is 0. The molecule has 0 aliphatic heterocycles. The first-order valence-electron chi connectivity index (χ1n) is 6.52. The highest BCUT2D eigenvalue weighted by molar-refractivity contribution is 14.1. The smallest absolute Gasteiger partial charge is 0.0292 e. The Hall–Kier alpha value is 1.41. The molecule has 1 saturated carbocycles. The molecule has 3 aliphatic rings.